The summed E-state index contributed by atoms with van der Waals surface area (Å²) < 4.78 is 37.5. The second-order valence-corrected chi connectivity index (χ2v) is 11.1. The molecular formula is C25H27N3O4S2. The Bertz CT molecular complexity index is 1500. The van der Waals surface area contributed by atoms with Crippen molar-refractivity contribution >= 4 is 38.5 Å². The van der Waals surface area contributed by atoms with Crippen LogP contribution in [0.4, 0.5) is 5.69 Å². The third-order valence-corrected chi connectivity index (χ3v) is 8.21. The van der Waals surface area contributed by atoms with Crippen molar-refractivity contribution in [1.82, 2.24) is 9.13 Å². The number of aromatic nitrogens is 2. The molecule has 0 saturated carbocycles. The number of hydrogen-bond donors (Lipinski definition) is 1. The summed E-state index contributed by atoms with van der Waals surface area (Å²) in [6, 6.07) is 17.9. The van der Waals surface area contributed by atoms with E-state index in [2.05, 4.69) is 18.6 Å². The molecule has 0 spiro atoms. The van der Waals surface area contributed by atoms with E-state index in [1.165, 1.54) is 16.3 Å². The zero-order chi connectivity index (χ0) is 24.6. The molecule has 1 aromatic heterocycles. The van der Waals surface area contributed by atoms with Gasteiger partial charge in [0, 0.05) is 23.9 Å². The molecule has 0 aliphatic carbocycles. The van der Waals surface area contributed by atoms with Crippen molar-refractivity contribution in [3.8, 4) is 5.75 Å². The molecule has 9 heteroatoms. The van der Waals surface area contributed by atoms with E-state index in [0.29, 0.717) is 27.5 Å². The van der Waals surface area contributed by atoms with Gasteiger partial charge in [0.15, 0.2) is 0 Å². The maximum absolute atomic E-state index is 13.3. The number of nitrogens with zero attached hydrogens (tertiary/aromatic N) is 2. The van der Waals surface area contributed by atoms with Gasteiger partial charge in [-0.05, 0) is 60.0 Å². The normalized spacial score (nSPS) is 11.8. The van der Waals surface area contributed by atoms with Crippen LogP contribution >= 0.6 is 11.8 Å². The number of imidazole rings is 1. The third-order valence-electron chi connectivity index (χ3n) is 5.76. The summed E-state index contributed by atoms with van der Waals surface area (Å²) in [7, 11) is 1.13. The summed E-state index contributed by atoms with van der Waals surface area (Å²) in [5.41, 5.74) is 2.64. The van der Waals surface area contributed by atoms with E-state index in [4.69, 9.17) is 4.74 Å². The fraction of sp³-hybridized carbons (Fsp3) is 0.240. The SMILES string of the molecule is COc1ccc(Sc2cc3c(cc2NS(=O)(=O)c2ccc(C(C)C)cc2)n(C)c(=O)n3C)cc1. The standard InChI is InChI=1S/C25H27N3O4S2/c1-16(2)17-6-12-20(13-7-17)34(30,31)26-21-14-22-23(28(4)25(29)27(22)3)15-24(21)33-19-10-8-18(32-5)9-11-19/h6-16,26H,1-5H3. The van der Waals surface area contributed by atoms with Gasteiger partial charge in [-0.2, -0.15) is 0 Å². The second-order valence-electron chi connectivity index (χ2n) is 8.34. The van der Waals surface area contributed by atoms with Crippen LogP contribution in [-0.2, 0) is 24.1 Å². The van der Waals surface area contributed by atoms with Crippen LogP contribution < -0.4 is 15.1 Å². The molecule has 0 unspecified atom stereocenters. The molecule has 0 radical (unpaired) electrons. The smallest absolute Gasteiger partial charge is 0.328 e. The maximum atomic E-state index is 13.3. The third kappa shape index (κ3) is 4.58. The van der Waals surface area contributed by atoms with Crippen molar-refractivity contribution in [2.24, 2.45) is 14.1 Å². The Balaban J connectivity index is 1.79. The molecule has 0 saturated heterocycles. The molecule has 0 bridgehead atoms. The van der Waals surface area contributed by atoms with E-state index in [0.717, 1.165) is 16.2 Å². The largest absolute Gasteiger partial charge is 0.497 e. The highest BCUT2D eigenvalue weighted by Crippen LogP contribution is 2.38. The predicted octanol–water partition coefficient (Wildman–Crippen LogP) is 4.96. The molecule has 3 aromatic carbocycles. The average Bonchev–Trinajstić information content (AvgIpc) is 3.03. The van der Waals surface area contributed by atoms with E-state index < -0.39 is 10.0 Å². The molecule has 0 aliphatic rings. The number of aryl methyl sites for hydroxylation is 2. The van der Waals surface area contributed by atoms with Crippen LogP contribution in [0.1, 0.15) is 25.3 Å². The Morgan fingerprint density at radius 2 is 1.50 bits per heavy atom. The first-order valence-corrected chi connectivity index (χ1v) is 13.0. The van der Waals surface area contributed by atoms with Crippen LogP contribution in [0, 0.1) is 0 Å². The fourth-order valence-corrected chi connectivity index (χ4v) is 5.75. The number of ether oxygens (including phenoxy) is 1. The van der Waals surface area contributed by atoms with Crippen molar-refractivity contribution in [3.63, 3.8) is 0 Å². The van der Waals surface area contributed by atoms with E-state index in [-0.39, 0.29) is 10.6 Å². The summed E-state index contributed by atoms with van der Waals surface area (Å²) >= 11 is 1.41. The van der Waals surface area contributed by atoms with Crippen molar-refractivity contribution in [3.05, 3.63) is 76.7 Å². The Kier molecular flexibility index (Phi) is 6.51. The summed E-state index contributed by atoms with van der Waals surface area (Å²) in [6.07, 6.45) is 0. The number of benzene rings is 3. The number of nitrogens with one attached hydrogen (secondary N) is 1. The molecule has 178 valence electrons. The molecule has 7 nitrogen and oxygen atoms in total. The zero-order valence-electron chi connectivity index (χ0n) is 19.7. The Morgan fingerprint density at radius 1 is 0.912 bits per heavy atom. The van der Waals surface area contributed by atoms with Crippen molar-refractivity contribution in [1.29, 1.82) is 0 Å². The number of fused-ring (bicyclic) bond motifs is 1. The van der Waals surface area contributed by atoms with E-state index >= 15 is 0 Å². The molecule has 1 heterocycles. The van der Waals surface area contributed by atoms with E-state index in [1.807, 2.05) is 42.5 Å². The van der Waals surface area contributed by atoms with Crippen LogP contribution in [0.5, 0.6) is 5.75 Å². The maximum Gasteiger partial charge on any atom is 0.328 e. The molecule has 0 atom stereocenters. The van der Waals surface area contributed by atoms with Crippen molar-refractivity contribution < 1.29 is 13.2 Å². The molecule has 4 aromatic rings. The lowest BCUT2D eigenvalue weighted by molar-refractivity contribution is 0.414. The Morgan fingerprint density at radius 3 is 2.06 bits per heavy atom. The minimum absolute atomic E-state index is 0.180. The number of rotatable bonds is 7. The number of methoxy groups -OCH3 is 1. The molecule has 0 amide bonds. The van der Waals surface area contributed by atoms with Crippen LogP contribution in [0.3, 0.4) is 0 Å². The van der Waals surface area contributed by atoms with Gasteiger partial charge in [-0.1, -0.05) is 37.7 Å². The van der Waals surface area contributed by atoms with Gasteiger partial charge in [0.1, 0.15) is 5.75 Å². The molecule has 4 rings (SSSR count). The van der Waals surface area contributed by atoms with Crippen LogP contribution in [-0.4, -0.2) is 24.7 Å². The minimum Gasteiger partial charge on any atom is -0.497 e. The van der Waals surface area contributed by atoms with Gasteiger partial charge in [-0.25, -0.2) is 13.2 Å². The van der Waals surface area contributed by atoms with Gasteiger partial charge in [-0.3, -0.25) is 13.9 Å². The number of anilines is 1. The molecular weight excluding hydrogens is 470 g/mol. The molecule has 0 aliphatic heterocycles. The summed E-state index contributed by atoms with van der Waals surface area (Å²) in [5, 5.41) is 0. The lowest BCUT2D eigenvalue weighted by Crippen LogP contribution is -2.19. The molecule has 0 fully saturated rings. The highest BCUT2D eigenvalue weighted by Gasteiger charge is 2.20. The van der Waals surface area contributed by atoms with Crippen molar-refractivity contribution in [2.45, 2.75) is 34.5 Å². The first-order valence-electron chi connectivity index (χ1n) is 10.7. The highest BCUT2D eigenvalue weighted by atomic mass is 32.2. The first kappa shape index (κ1) is 24.0. The highest BCUT2D eigenvalue weighted by molar-refractivity contribution is 7.99. The molecule has 34 heavy (non-hydrogen) atoms. The van der Waals surface area contributed by atoms with Gasteiger partial charge < -0.3 is 4.74 Å². The fourth-order valence-electron chi connectivity index (χ4n) is 3.70. The van der Waals surface area contributed by atoms with E-state index in [1.54, 1.807) is 44.0 Å². The van der Waals surface area contributed by atoms with Crippen LogP contribution in [0.2, 0.25) is 0 Å². The van der Waals surface area contributed by atoms with Crippen molar-refractivity contribution in [2.75, 3.05) is 11.8 Å². The quantitative estimate of drug-likeness (QED) is 0.390. The lowest BCUT2D eigenvalue weighted by atomic mass is 10.0. The van der Waals surface area contributed by atoms with Crippen LogP contribution in [0.25, 0.3) is 11.0 Å². The Hall–Kier alpha value is -3.17. The van der Waals surface area contributed by atoms with E-state index in [9.17, 15) is 13.2 Å². The van der Waals surface area contributed by atoms with Crippen LogP contribution in [0.15, 0.2) is 80.1 Å². The summed E-state index contributed by atoms with van der Waals surface area (Å²) in [6.45, 7) is 4.12. The lowest BCUT2D eigenvalue weighted by Gasteiger charge is -2.14. The topological polar surface area (TPSA) is 82.3 Å². The van der Waals surface area contributed by atoms with Gasteiger partial charge in [-0.15, -0.1) is 0 Å². The molecule has 1 N–H and O–H groups in total. The first-order chi connectivity index (χ1) is 16.1. The monoisotopic (exact) mass is 497 g/mol. The second kappa shape index (κ2) is 9.23. The van der Waals surface area contributed by atoms with Gasteiger partial charge >= 0.3 is 5.69 Å². The summed E-state index contributed by atoms with van der Waals surface area (Å²) in [5.74, 6) is 1.04. The van der Waals surface area contributed by atoms with Gasteiger partial charge in [0.25, 0.3) is 10.0 Å². The average molecular weight is 498 g/mol. The van der Waals surface area contributed by atoms with Gasteiger partial charge in [0.2, 0.25) is 0 Å². The number of sulfonamides is 1. The van der Waals surface area contributed by atoms with Gasteiger partial charge in [0.05, 0.1) is 28.7 Å². The number of hydrogen-bond acceptors (Lipinski definition) is 5. The minimum atomic E-state index is -3.84. The Labute approximate surface area is 203 Å². The summed E-state index contributed by atoms with van der Waals surface area (Å²) in [4.78, 5) is 14.3. The predicted molar refractivity (Wildman–Crippen MR) is 137 cm³/mol. The zero-order valence-corrected chi connectivity index (χ0v) is 21.3.